The van der Waals surface area contributed by atoms with Crippen molar-refractivity contribution >= 4 is 33.3 Å². The van der Waals surface area contributed by atoms with Gasteiger partial charge in [0.2, 0.25) is 0 Å². The smallest absolute Gasteiger partial charge is 0.266 e. The van der Waals surface area contributed by atoms with Crippen molar-refractivity contribution in [3.05, 3.63) is 17.3 Å². The van der Waals surface area contributed by atoms with E-state index in [0.717, 1.165) is 17.9 Å². The highest BCUT2D eigenvalue weighted by Crippen LogP contribution is 2.33. The molecule has 0 aliphatic carbocycles. The number of nitrogens with two attached hydrogens (primary N) is 1. The molecule has 5 nitrogen and oxygen atoms in total. The minimum atomic E-state index is 0.0125. The molecule has 3 rings (SSSR count). The van der Waals surface area contributed by atoms with Crippen LogP contribution in [0.25, 0.3) is 10.3 Å². The molecule has 2 aromatic rings. The Morgan fingerprint density at radius 2 is 1.95 bits per heavy atom. The predicted molar refractivity (Wildman–Crippen MR) is 76.1 cm³/mol. The molecule has 0 saturated carbocycles. The van der Waals surface area contributed by atoms with E-state index in [1.54, 1.807) is 12.4 Å². The van der Waals surface area contributed by atoms with Crippen LogP contribution in [0.2, 0.25) is 0 Å². The van der Waals surface area contributed by atoms with Crippen molar-refractivity contribution in [2.75, 3.05) is 18.8 Å². The van der Waals surface area contributed by atoms with Crippen LogP contribution in [0.15, 0.2) is 12.4 Å². The lowest BCUT2D eigenvalue weighted by Gasteiger charge is -2.15. The summed E-state index contributed by atoms with van der Waals surface area (Å²) in [6.07, 6.45) is 3.21. The first-order chi connectivity index (χ1) is 9.08. The lowest BCUT2D eigenvalue weighted by atomic mass is 10.0. The summed E-state index contributed by atoms with van der Waals surface area (Å²) in [4.78, 5) is 24.1. The number of hydrogen-bond donors (Lipinski definition) is 1. The molecule has 1 aliphatic rings. The number of rotatable bonds is 1. The summed E-state index contributed by atoms with van der Waals surface area (Å²) in [6.45, 7) is 5.95. The van der Waals surface area contributed by atoms with Crippen LogP contribution in [-0.4, -0.2) is 33.9 Å². The predicted octanol–water partition coefficient (Wildman–Crippen LogP) is 2.00. The minimum Gasteiger partial charge on any atom is -0.396 e. The summed E-state index contributed by atoms with van der Waals surface area (Å²) < 4.78 is 0. The third kappa shape index (κ3) is 1.96. The average Bonchev–Trinajstić information content (AvgIpc) is 2.91. The largest absolute Gasteiger partial charge is 0.396 e. The molecule has 1 amide bonds. The van der Waals surface area contributed by atoms with E-state index in [4.69, 9.17) is 5.73 Å². The van der Waals surface area contributed by atoms with Crippen LogP contribution in [0.3, 0.4) is 0 Å². The van der Waals surface area contributed by atoms with Crippen LogP contribution in [0.5, 0.6) is 0 Å². The van der Waals surface area contributed by atoms with Gasteiger partial charge in [-0.2, -0.15) is 0 Å². The van der Waals surface area contributed by atoms with E-state index < -0.39 is 0 Å². The number of carbonyl (C=O) groups is 1. The van der Waals surface area contributed by atoms with Gasteiger partial charge in [0.25, 0.3) is 5.91 Å². The Bertz CT molecular complexity index is 629. The van der Waals surface area contributed by atoms with E-state index in [0.29, 0.717) is 27.9 Å². The van der Waals surface area contributed by atoms with Gasteiger partial charge in [0, 0.05) is 25.5 Å². The van der Waals surface area contributed by atoms with Crippen molar-refractivity contribution in [1.82, 2.24) is 14.9 Å². The SMILES string of the molecule is CC1CN(C(=O)c2sc3nccnc3c2N)CC1C. The number of amides is 1. The topological polar surface area (TPSA) is 72.1 Å². The number of anilines is 1. The molecule has 2 N–H and O–H groups in total. The molecule has 3 heterocycles. The molecule has 6 heteroatoms. The average molecular weight is 276 g/mol. The molecular formula is C13H16N4OS. The van der Waals surface area contributed by atoms with Gasteiger partial charge >= 0.3 is 0 Å². The number of fused-ring (bicyclic) bond motifs is 1. The van der Waals surface area contributed by atoms with Crippen molar-refractivity contribution < 1.29 is 4.79 Å². The first kappa shape index (κ1) is 12.3. The minimum absolute atomic E-state index is 0.0125. The monoisotopic (exact) mass is 276 g/mol. The van der Waals surface area contributed by atoms with Gasteiger partial charge in [-0.25, -0.2) is 9.97 Å². The van der Waals surface area contributed by atoms with Gasteiger partial charge in [-0.15, -0.1) is 11.3 Å². The van der Waals surface area contributed by atoms with Crippen molar-refractivity contribution in [2.24, 2.45) is 11.8 Å². The molecule has 2 atom stereocenters. The van der Waals surface area contributed by atoms with E-state index in [2.05, 4.69) is 23.8 Å². The zero-order chi connectivity index (χ0) is 13.6. The van der Waals surface area contributed by atoms with Crippen LogP contribution in [0.4, 0.5) is 5.69 Å². The Kier molecular flexibility index (Phi) is 2.89. The van der Waals surface area contributed by atoms with E-state index in [9.17, 15) is 4.79 Å². The molecule has 19 heavy (non-hydrogen) atoms. The Balaban J connectivity index is 1.96. The van der Waals surface area contributed by atoms with Crippen LogP contribution in [0.1, 0.15) is 23.5 Å². The lowest BCUT2D eigenvalue weighted by molar-refractivity contribution is 0.0791. The molecule has 0 spiro atoms. The highest BCUT2D eigenvalue weighted by molar-refractivity contribution is 7.21. The molecule has 2 unspecified atom stereocenters. The number of nitrogens with zero attached hydrogens (tertiary/aromatic N) is 3. The van der Waals surface area contributed by atoms with Crippen LogP contribution < -0.4 is 5.73 Å². The molecular weight excluding hydrogens is 260 g/mol. The Hall–Kier alpha value is -1.69. The standard InChI is InChI=1S/C13H16N4OS/c1-7-5-17(6-8(7)2)13(18)11-9(14)10-12(19-11)16-4-3-15-10/h3-4,7-8H,5-6,14H2,1-2H3. The first-order valence-electron chi connectivity index (χ1n) is 6.36. The molecule has 0 radical (unpaired) electrons. The fraction of sp³-hybridized carbons (Fsp3) is 0.462. The van der Waals surface area contributed by atoms with Crippen LogP contribution in [0, 0.1) is 11.8 Å². The zero-order valence-corrected chi connectivity index (χ0v) is 11.8. The van der Waals surface area contributed by atoms with Gasteiger partial charge in [0.15, 0.2) is 0 Å². The Morgan fingerprint density at radius 1 is 1.32 bits per heavy atom. The second kappa shape index (κ2) is 4.45. The van der Waals surface area contributed by atoms with Gasteiger partial charge in [-0.05, 0) is 11.8 Å². The first-order valence-corrected chi connectivity index (χ1v) is 7.18. The Morgan fingerprint density at radius 3 is 2.58 bits per heavy atom. The van der Waals surface area contributed by atoms with Gasteiger partial charge in [-0.1, -0.05) is 13.8 Å². The lowest BCUT2D eigenvalue weighted by Crippen LogP contribution is -2.28. The van der Waals surface area contributed by atoms with Crippen LogP contribution >= 0.6 is 11.3 Å². The normalized spacial score (nSPS) is 23.2. The summed E-state index contributed by atoms with van der Waals surface area (Å²) in [5, 5.41) is 0. The van der Waals surface area contributed by atoms with E-state index >= 15 is 0 Å². The van der Waals surface area contributed by atoms with E-state index in [-0.39, 0.29) is 5.91 Å². The number of hydrogen-bond acceptors (Lipinski definition) is 5. The molecule has 0 aromatic carbocycles. The van der Waals surface area contributed by atoms with Gasteiger partial charge in [-0.3, -0.25) is 4.79 Å². The summed E-state index contributed by atoms with van der Waals surface area (Å²) >= 11 is 1.33. The highest BCUT2D eigenvalue weighted by atomic mass is 32.1. The van der Waals surface area contributed by atoms with Crippen molar-refractivity contribution in [2.45, 2.75) is 13.8 Å². The zero-order valence-electron chi connectivity index (χ0n) is 11.0. The number of likely N-dealkylation sites (tertiary alicyclic amines) is 1. The van der Waals surface area contributed by atoms with E-state index in [1.807, 2.05) is 4.90 Å². The van der Waals surface area contributed by atoms with Crippen molar-refractivity contribution in [3.8, 4) is 0 Å². The number of nitrogen functional groups attached to an aromatic ring is 1. The maximum Gasteiger partial charge on any atom is 0.266 e. The molecule has 2 aromatic heterocycles. The van der Waals surface area contributed by atoms with E-state index in [1.165, 1.54) is 11.3 Å². The van der Waals surface area contributed by atoms with Gasteiger partial charge in [0.05, 0.1) is 5.69 Å². The third-order valence-corrected chi connectivity index (χ3v) is 4.92. The summed E-state index contributed by atoms with van der Waals surface area (Å²) in [5.41, 5.74) is 7.14. The molecule has 0 bridgehead atoms. The van der Waals surface area contributed by atoms with Gasteiger partial charge < -0.3 is 10.6 Å². The Labute approximate surface area is 115 Å². The highest BCUT2D eigenvalue weighted by Gasteiger charge is 2.32. The fourth-order valence-corrected chi connectivity index (χ4v) is 3.43. The fourth-order valence-electron chi connectivity index (χ4n) is 2.44. The molecule has 1 saturated heterocycles. The quantitative estimate of drug-likeness (QED) is 0.864. The summed E-state index contributed by atoms with van der Waals surface area (Å²) in [7, 11) is 0. The number of thiophene rings is 1. The maximum absolute atomic E-state index is 12.5. The molecule has 100 valence electrons. The molecule has 1 fully saturated rings. The van der Waals surface area contributed by atoms with Gasteiger partial charge in [0.1, 0.15) is 15.2 Å². The second-order valence-corrected chi connectivity index (χ2v) is 6.22. The summed E-state index contributed by atoms with van der Waals surface area (Å²) in [6, 6.07) is 0. The maximum atomic E-state index is 12.5. The second-order valence-electron chi connectivity index (χ2n) is 5.22. The summed E-state index contributed by atoms with van der Waals surface area (Å²) in [5.74, 6) is 1.09. The van der Waals surface area contributed by atoms with Crippen LogP contribution in [-0.2, 0) is 0 Å². The molecule has 1 aliphatic heterocycles. The van der Waals surface area contributed by atoms with Crippen molar-refractivity contribution in [3.63, 3.8) is 0 Å². The van der Waals surface area contributed by atoms with Crippen molar-refractivity contribution in [1.29, 1.82) is 0 Å². The third-order valence-electron chi connectivity index (χ3n) is 3.83. The number of aromatic nitrogens is 2. The number of carbonyl (C=O) groups excluding carboxylic acids is 1.